The second-order valence-corrected chi connectivity index (χ2v) is 6.96. The second-order valence-electron chi connectivity index (χ2n) is 5.01. The van der Waals surface area contributed by atoms with E-state index in [1.54, 1.807) is 11.3 Å². The van der Waals surface area contributed by atoms with Crippen LogP contribution in [0, 0.1) is 6.92 Å². The molecule has 0 aliphatic carbocycles. The maximum atomic E-state index is 12.7. The third kappa shape index (κ3) is 3.53. The fraction of sp³-hybridized carbons (Fsp3) is 0.400. The van der Waals surface area contributed by atoms with Gasteiger partial charge in [0.2, 0.25) is 0 Å². The zero-order valence-corrected chi connectivity index (χ0v) is 14.6. The van der Waals surface area contributed by atoms with Crippen molar-refractivity contribution in [2.45, 2.75) is 26.8 Å². The standard InChI is InChI=1S/C15H18N2O3S2/c1-9(2)17(8-12(18)20-4)15(19)13-10(3)16-14(22-13)11-6-5-7-21-11/h5-7,9H,8H2,1-4H3. The van der Waals surface area contributed by atoms with E-state index in [0.29, 0.717) is 10.6 Å². The summed E-state index contributed by atoms with van der Waals surface area (Å²) in [7, 11) is 1.32. The fourth-order valence-corrected chi connectivity index (χ4v) is 3.74. The highest BCUT2D eigenvalue weighted by Crippen LogP contribution is 2.31. The molecule has 2 rings (SSSR count). The van der Waals surface area contributed by atoms with Crippen LogP contribution in [0.3, 0.4) is 0 Å². The smallest absolute Gasteiger partial charge is 0.325 e. The molecule has 5 nitrogen and oxygen atoms in total. The van der Waals surface area contributed by atoms with Gasteiger partial charge in [-0.1, -0.05) is 6.07 Å². The van der Waals surface area contributed by atoms with Crippen LogP contribution in [-0.4, -0.2) is 41.5 Å². The minimum absolute atomic E-state index is 0.0569. The van der Waals surface area contributed by atoms with Gasteiger partial charge < -0.3 is 9.64 Å². The van der Waals surface area contributed by atoms with Gasteiger partial charge in [0, 0.05) is 6.04 Å². The molecule has 0 aliphatic heterocycles. The van der Waals surface area contributed by atoms with Crippen molar-refractivity contribution in [3.05, 3.63) is 28.1 Å². The Bertz CT molecular complexity index is 662. The number of ether oxygens (including phenoxy) is 1. The number of amides is 1. The van der Waals surface area contributed by atoms with Gasteiger partial charge in [0.1, 0.15) is 16.4 Å². The molecule has 0 aromatic carbocycles. The summed E-state index contributed by atoms with van der Waals surface area (Å²) in [5, 5.41) is 2.81. The molecular weight excluding hydrogens is 320 g/mol. The Balaban J connectivity index is 2.29. The van der Waals surface area contributed by atoms with Crippen molar-refractivity contribution in [1.82, 2.24) is 9.88 Å². The number of carbonyl (C=O) groups is 2. The van der Waals surface area contributed by atoms with Crippen molar-refractivity contribution in [2.75, 3.05) is 13.7 Å². The molecule has 0 radical (unpaired) electrons. The van der Waals surface area contributed by atoms with E-state index in [1.165, 1.54) is 23.3 Å². The molecule has 2 aromatic rings. The SMILES string of the molecule is COC(=O)CN(C(=O)c1sc(-c2cccs2)nc1C)C(C)C. The maximum Gasteiger partial charge on any atom is 0.325 e. The number of aromatic nitrogens is 1. The lowest BCUT2D eigenvalue weighted by atomic mass is 10.2. The molecule has 0 aliphatic rings. The summed E-state index contributed by atoms with van der Waals surface area (Å²) in [5.74, 6) is -0.610. The molecule has 2 aromatic heterocycles. The van der Waals surface area contributed by atoms with Gasteiger partial charge in [0.15, 0.2) is 0 Å². The lowest BCUT2D eigenvalue weighted by Crippen LogP contribution is -2.41. The number of nitrogens with zero attached hydrogens (tertiary/aromatic N) is 2. The van der Waals surface area contributed by atoms with Gasteiger partial charge in [0.05, 0.1) is 17.7 Å². The maximum absolute atomic E-state index is 12.7. The molecular formula is C15H18N2O3S2. The van der Waals surface area contributed by atoms with Crippen LogP contribution in [0.25, 0.3) is 9.88 Å². The minimum atomic E-state index is -0.428. The van der Waals surface area contributed by atoms with E-state index in [9.17, 15) is 9.59 Å². The monoisotopic (exact) mass is 338 g/mol. The first-order valence-electron chi connectivity index (χ1n) is 6.83. The Morgan fingerprint density at radius 1 is 1.41 bits per heavy atom. The van der Waals surface area contributed by atoms with Crippen LogP contribution in [-0.2, 0) is 9.53 Å². The number of thiazole rings is 1. The summed E-state index contributed by atoms with van der Waals surface area (Å²) in [5.41, 5.74) is 0.689. The van der Waals surface area contributed by atoms with Crippen molar-refractivity contribution < 1.29 is 14.3 Å². The summed E-state index contributed by atoms with van der Waals surface area (Å²) in [6, 6.07) is 3.83. The van der Waals surface area contributed by atoms with Crippen LogP contribution >= 0.6 is 22.7 Å². The summed E-state index contributed by atoms with van der Waals surface area (Å²) in [6.07, 6.45) is 0. The van der Waals surface area contributed by atoms with Crippen LogP contribution < -0.4 is 0 Å². The Hall–Kier alpha value is -1.73. The first-order chi connectivity index (χ1) is 10.4. The van der Waals surface area contributed by atoms with E-state index >= 15 is 0 Å². The highest BCUT2D eigenvalue weighted by molar-refractivity contribution is 7.22. The van der Waals surface area contributed by atoms with Crippen LogP contribution in [0.2, 0.25) is 0 Å². The Morgan fingerprint density at radius 3 is 2.68 bits per heavy atom. The molecule has 0 atom stereocenters. The predicted octanol–water partition coefficient (Wildman–Crippen LogP) is 3.20. The minimum Gasteiger partial charge on any atom is -0.468 e. The molecule has 22 heavy (non-hydrogen) atoms. The molecule has 0 saturated heterocycles. The van der Waals surface area contributed by atoms with E-state index in [1.807, 2.05) is 38.3 Å². The van der Waals surface area contributed by atoms with Crippen LogP contribution in [0.4, 0.5) is 0 Å². The number of carbonyl (C=O) groups excluding carboxylic acids is 2. The van der Waals surface area contributed by atoms with E-state index in [0.717, 1.165) is 9.88 Å². The second kappa shape index (κ2) is 7.02. The molecule has 0 unspecified atom stereocenters. The van der Waals surface area contributed by atoms with Crippen LogP contribution in [0.1, 0.15) is 29.2 Å². The number of hydrogen-bond acceptors (Lipinski definition) is 6. The van der Waals surface area contributed by atoms with E-state index in [4.69, 9.17) is 0 Å². The number of aryl methyl sites for hydroxylation is 1. The van der Waals surface area contributed by atoms with Crippen molar-refractivity contribution in [1.29, 1.82) is 0 Å². The molecule has 1 amide bonds. The average molecular weight is 338 g/mol. The average Bonchev–Trinajstić information content (AvgIpc) is 3.12. The lowest BCUT2D eigenvalue weighted by Gasteiger charge is -2.25. The summed E-state index contributed by atoms with van der Waals surface area (Å²) in [4.78, 5) is 31.8. The van der Waals surface area contributed by atoms with Gasteiger partial charge in [-0.25, -0.2) is 4.98 Å². The third-order valence-corrected chi connectivity index (χ3v) is 5.32. The van der Waals surface area contributed by atoms with Gasteiger partial charge in [-0.05, 0) is 32.2 Å². The first kappa shape index (κ1) is 16.6. The quantitative estimate of drug-likeness (QED) is 0.786. The zero-order valence-electron chi connectivity index (χ0n) is 13.0. The molecule has 0 bridgehead atoms. The third-order valence-electron chi connectivity index (χ3n) is 3.13. The first-order valence-corrected chi connectivity index (χ1v) is 8.52. The number of rotatable bonds is 5. The van der Waals surface area contributed by atoms with Gasteiger partial charge >= 0.3 is 5.97 Å². The molecule has 0 spiro atoms. The van der Waals surface area contributed by atoms with E-state index < -0.39 is 5.97 Å². The molecule has 0 fully saturated rings. The Morgan fingerprint density at radius 2 is 2.14 bits per heavy atom. The number of methoxy groups -OCH3 is 1. The number of hydrogen-bond donors (Lipinski definition) is 0. The summed E-state index contributed by atoms with van der Waals surface area (Å²) >= 11 is 2.95. The van der Waals surface area contributed by atoms with Gasteiger partial charge in [-0.2, -0.15) is 0 Å². The lowest BCUT2D eigenvalue weighted by molar-refractivity contribution is -0.141. The zero-order chi connectivity index (χ0) is 16.3. The topological polar surface area (TPSA) is 59.5 Å². The predicted molar refractivity (Wildman–Crippen MR) is 88.4 cm³/mol. The van der Waals surface area contributed by atoms with Crippen molar-refractivity contribution >= 4 is 34.6 Å². The highest BCUT2D eigenvalue weighted by atomic mass is 32.1. The molecule has 118 valence electrons. The fourth-order valence-electron chi connectivity index (χ4n) is 1.92. The largest absolute Gasteiger partial charge is 0.468 e. The molecule has 2 heterocycles. The molecule has 0 saturated carbocycles. The Labute approximate surface area is 137 Å². The van der Waals surface area contributed by atoms with Crippen molar-refractivity contribution in [3.8, 4) is 9.88 Å². The van der Waals surface area contributed by atoms with Crippen molar-refractivity contribution in [3.63, 3.8) is 0 Å². The normalized spacial score (nSPS) is 10.8. The molecule has 7 heteroatoms. The number of esters is 1. The highest BCUT2D eigenvalue weighted by Gasteiger charge is 2.26. The summed E-state index contributed by atoms with van der Waals surface area (Å²) in [6.45, 7) is 5.50. The van der Waals surface area contributed by atoms with Crippen LogP contribution in [0.15, 0.2) is 17.5 Å². The number of thiophene rings is 1. The van der Waals surface area contributed by atoms with Crippen LogP contribution in [0.5, 0.6) is 0 Å². The van der Waals surface area contributed by atoms with Gasteiger partial charge in [0.25, 0.3) is 5.91 Å². The molecule has 0 N–H and O–H groups in total. The Kier molecular flexibility index (Phi) is 5.31. The summed E-state index contributed by atoms with van der Waals surface area (Å²) < 4.78 is 4.67. The van der Waals surface area contributed by atoms with Gasteiger partial charge in [-0.15, -0.1) is 22.7 Å². The van der Waals surface area contributed by atoms with E-state index in [2.05, 4.69) is 9.72 Å². The van der Waals surface area contributed by atoms with Gasteiger partial charge in [-0.3, -0.25) is 9.59 Å². The van der Waals surface area contributed by atoms with E-state index in [-0.39, 0.29) is 18.5 Å². The van der Waals surface area contributed by atoms with Crippen molar-refractivity contribution in [2.24, 2.45) is 0 Å².